The second kappa shape index (κ2) is 9.24. The Kier molecular flexibility index (Phi) is 5.62. The zero-order valence-electron chi connectivity index (χ0n) is 24.6. The average Bonchev–Trinajstić information content (AvgIpc) is 3.74. The number of allylic oxidation sites excluding steroid dienone is 2. The van der Waals surface area contributed by atoms with Gasteiger partial charge in [-0.05, 0) is 73.5 Å². The van der Waals surface area contributed by atoms with Crippen molar-refractivity contribution in [1.29, 1.82) is 0 Å². The normalized spacial score (nSPS) is 20.9. The number of carbonyl (C=O) groups excluding carboxylic acids is 1. The molecule has 3 aliphatic heterocycles. The first-order valence-electron chi connectivity index (χ1n) is 14.9. The molecule has 6 heterocycles. The lowest BCUT2D eigenvalue weighted by Gasteiger charge is -2.35. The number of aromatic nitrogens is 5. The van der Waals surface area contributed by atoms with Gasteiger partial charge in [-0.3, -0.25) is 19.4 Å². The van der Waals surface area contributed by atoms with E-state index < -0.39 is 0 Å². The van der Waals surface area contributed by atoms with Crippen LogP contribution in [0.4, 0.5) is 17.5 Å². The molecule has 1 amide bonds. The molecule has 1 saturated carbocycles. The highest BCUT2D eigenvalue weighted by atomic mass is 16.5. The van der Waals surface area contributed by atoms with E-state index in [1.54, 1.807) is 26.5 Å². The van der Waals surface area contributed by atoms with E-state index in [0.717, 1.165) is 25.1 Å². The number of carbonyl (C=O) groups is 1. The van der Waals surface area contributed by atoms with Crippen LogP contribution in [0.2, 0.25) is 0 Å². The molecule has 0 saturated heterocycles. The van der Waals surface area contributed by atoms with Gasteiger partial charge in [-0.1, -0.05) is 32.1 Å². The van der Waals surface area contributed by atoms with Crippen molar-refractivity contribution in [3.8, 4) is 11.6 Å². The summed E-state index contributed by atoms with van der Waals surface area (Å²) in [6.07, 6.45) is 9.77. The summed E-state index contributed by atoms with van der Waals surface area (Å²) in [6.45, 7) is 6.12. The van der Waals surface area contributed by atoms with Crippen molar-refractivity contribution in [3.05, 3.63) is 70.2 Å². The third-order valence-corrected chi connectivity index (χ3v) is 9.36. The van der Waals surface area contributed by atoms with E-state index in [4.69, 9.17) is 14.7 Å². The average molecular weight is 579 g/mol. The predicted octanol–water partition coefficient (Wildman–Crippen LogP) is 3.91. The van der Waals surface area contributed by atoms with Gasteiger partial charge in [0.2, 0.25) is 5.95 Å². The molecular weight excluding hydrogens is 544 g/mol. The van der Waals surface area contributed by atoms with Crippen LogP contribution in [0.25, 0.3) is 16.9 Å². The zero-order chi connectivity index (χ0) is 29.5. The van der Waals surface area contributed by atoms with Gasteiger partial charge in [-0.25, -0.2) is 19.3 Å². The molecule has 11 nitrogen and oxygen atoms in total. The molecule has 0 radical (unpaired) electrons. The molecular formula is C32H34N8O3. The lowest BCUT2D eigenvalue weighted by Crippen LogP contribution is -2.44. The van der Waals surface area contributed by atoms with Gasteiger partial charge in [0.15, 0.2) is 29.6 Å². The highest BCUT2D eigenvalue weighted by Crippen LogP contribution is 2.54. The summed E-state index contributed by atoms with van der Waals surface area (Å²) in [4.78, 5) is 45.2. The highest BCUT2D eigenvalue weighted by Gasteiger charge is 2.50. The molecule has 220 valence electrons. The van der Waals surface area contributed by atoms with Crippen LogP contribution in [0, 0.1) is 5.41 Å². The maximum atomic E-state index is 13.7. The number of nitrogens with one attached hydrogen (secondary N) is 1. The molecule has 43 heavy (non-hydrogen) atoms. The van der Waals surface area contributed by atoms with Crippen molar-refractivity contribution in [1.82, 2.24) is 29.2 Å². The molecule has 1 aliphatic carbocycles. The van der Waals surface area contributed by atoms with E-state index in [9.17, 15) is 9.59 Å². The van der Waals surface area contributed by atoms with Crippen molar-refractivity contribution >= 4 is 34.4 Å². The number of amides is 1. The van der Waals surface area contributed by atoms with Crippen LogP contribution in [0.3, 0.4) is 0 Å². The number of anilines is 3. The molecule has 0 atom stereocenters. The number of hydrogen-bond acceptors (Lipinski definition) is 8. The molecule has 1 spiro atoms. The van der Waals surface area contributed by atoms with Gasteiger partial charge in [0.25, 0.3) is 11.5 Å². The second-order valence-corrected chi connectivity index (χ2v) is 12.9. The van der Waals surface area contributed by atoms with Crippen LogP contribution in [0.5, 0.6) is 5.75 Å². The molecule has 0 unspecified atom stereocenters. The number of likely N-dealkylation sites (N-methyl/N-ethyl adjacent to an activating group) is 1. The van der Waals surface area contributed by atoms with Gasteiger partial charge < -0.3 is 10.1 Å². The number of fused-ring (bicyclic) bond motifs is 7. The Balaban J connectivity index is 1.24. The second-order valence-electron chi connectivity index (χ2n) is 12.9. The lowest BCUT2D eigenvalue weighted by atomic mass is 9.88. The number of nitrogens with zero attached hydrogens (tertiary/aromatic N) is 7. The molecule has 11 heteroatoms. The summed E-state index contributed by atoms with van der Waals surface area (Å²) in [5.74, 6) is 1.72. The largest absolute Gasteiger partial charge is 0.480 e. The van der Waals surface area contributed by atoms with Crippen molar-refractivity contribution in [3.63, 3.8) is 0 Å². The molecule has 1 N–H and O–H groups in total. The monoisotopic (exact) mass is 578 g/mol. The quantitative estimate of drug-likeness (QED) is 0.357. The minimum absolute atomic E-state index is 0.0283. The van der Waals surface area contributed by atoms with Gasteiger partial charge in [0.05, 0.1) is 6.54 Å². The van der Waals surface area contributed by atoms with E-state index in [1.807, 2.05) is 12.1 Å². The summed E-state index contributed by atoms with van der Waals surface area (Å²) in [5.41, 5.74) is 3.88. The highest BCUT2D eigenvalue weighted by molar-refractivity contribution is 5.97. The Morgan fingerprint density at radius 3 is 2.74 bits per heavy atom. The summed E-state index contributed by atoms with van der Waals surface area (Å²) in [5, 5.41) is 3.79. The van der Waals surface area contributed by atoms with Gasteiger partial charge in [-0.2, -0.15) is 4.98 Å². The van der Waals surface area contributed by atoms with Crippen LogP contribution in [0.15, 0.2) is 53.5 Å². The fourth-order valence-corrected chi connectivity index (χ4v) is 6.82. The Labute approximate surface area is 248 Å². The first kappa shape index (κ1) is 26.1. The van der Waals surface area contributed by atoms with Gasteiger partial charge in [0, 0.05) is 30.5 Å². The SMILES string of the molecule is CN1CCc2ccc(Nc3ncc4c(=O)n5n(c4n3)-c3ccc4c(n3)N(CC(C)(C)C/C=C\C5)C(=O)CO4)cc2C12CC2. The summed E-state index contributed by atoms with van der Waals surface area (Å²) >= 11 is 0. The van der Waals surface area contributed by atoms with Crippen molar-refractivity contribution < 1.29 is 9.53 Å². The molecule has 1 aromatic carbocycles. The van der Waals surface area contributed by atoms with E-state index in [1.165, 1.54) is 24.0 Å². The standard InChI is InChI=1S/C32H34N8O3/c1-31(2)11-4-5-14-39-29(42)22-17-33-30(34-21-7-6-20-10-15-37(3)32(12-13-32)23(20)16-21)36-27(22)40(39)25-9-8-24-28(35-25)38(19-31)26(41)18-43-24/h4-9,16-17H,10-15,18-19H2,1-3H3,(H,33,34,36)/b5-4-. The van der Waals surface area contributed by atoms with Gasteiger partial charge in [-0.15, -0.1) is 0 Å². The minimum atomic E-state index is -0.210. The molecule has 8 rings (SSSR count). The smallest absolute Gasteiger partial charge is 0.278 e. The number of benzene rings is 1. The number of ether oxygens (including phenoxy) is 1. The Morgan fingerprint density at radius 2 is 1.91 bits per heavy atom. The maximum absolute atomic E-state index is 13.7. The van der Waals surface area contributed by atoms with Crippen LogP contribution in [0.1, 0.15) is 44.2 Å². The van der Waals surface area contributed by atoms with E-state index in [0.29, 0.717) is 47.5 Å². The van der Waals surface area contributed by atoms with Crippen molar-refractivity contribution in [2.45, 2.75) is 51.6 Å². The number of rotatable bonds is 2. The predicted molar refractivity (Wildman–Crippen MR) is 163 cm³/mol. The summed E-state index contributed by atoms with van der Waals surface area (Å²) in [7, 11) is 2.21. The van der Waals surface area contributed by atoms with Crippen molar-refractivity contribution in [2.75, 3.05) is 37.0 Å². The molecule has 4 aromatic rings. The minimum Gasteiger partial charge on any atom is -0.480 e. The van der Waals surface area contributed by atoms with Crippen LogP contribution < -0.4 is 20.5 Å². The Morgan fingerprint density at radius 1 is 1.05 bits per heavy atom. The van der Waals surface area contributed by atoms with Crippen molar-refractivity contribution in [2.24, 2.45) is 5.41 Å². The van der Waals surface area contributed by atoms with Crippen LogP contribution >= 0.6 is 0 Å². The third-order valence-electron chi connectivity index (χ3n) is 9.36. The first-order valence-corrected chi connectivity index (χ1v) is 14.9. The Bertz CT molecular complexity index is 1900. The van der Waals surface area contributed by atoms with E-state index in [2.05, 4.69) is 60.4 Å². The first-order chi connectivity index (χ1) is 20.7. The zero-order valence-corrected chi connectivity index (χ0v) is 24.6. The lowest BCUT2D eigenvalue weighted by molar-refractivity contribution is -0.121. The number of pyridine rings is 1. The van der Waals surface area contributed by atoms with E-state index in [-0.39, 0.29) is 29.0 Å². The number of hydrogen-bond donors (Lipinski definition) is 1. The fraction of sp³-hybridized carbons (Fsp3) is 0.406. The molecule has 3 aromatic heterocycles. The molecule has 4 aliphatic rings. The van der Waals surface area contributed by atoms with Gasteiger partial charge >= 0.3 is 0 Å². The van der Waals surface area contributed by atoms with E-state index >= 15 is 0 Å². The summed E-state index contributed by atoms with van der Waals surface area (Å²) < 4.78 is 9.07. The topological polar surface area (TPSA) is 110 Å². The van der Waals surface area contributed by atoms with Crippen LogP contribution in [-0.2, 0) is 23.3 Å². The van der Waals surface area contributed by atoms with Gasteiger partial charge in [0.1, 0.15) is 5.39 Å². The molecule has 1 fully saturated rings. The van der Waals surface area contributed by atoms with Crippen LogP contribution in [-0.4, -0.2) is 61.9 Å². The summed E-state index contributed by atoms with van der Waals surface area (Å²) in [6, 6.07) is 10.1. The fourth-order valence-electron chi connectivity index (χ4n) is 6.82. The molecule has 2 bridgehead atoms. The Hall–Kier alpha value is -4.51. The third kappa shape index (κ3) is 4.16. The maximum Gasteiger partial charge on any atom is 0.278 e.